The Morgan fingerprint density at radius 1 is 1.53 bits per heavy atom. The minimum atomic E-state index is 0.172. The molecule has 2 aliphatic rings. The van der Waals surface area contributed by atoms with Crippen molar-refractivity contribution in [3.63, 3.8) is 0 Å². The number of hydrogen-bond acceptors (Lipinski definition) is 3. The fraction of sp³-hybridized carbons (Fsp3) is 0.636. The molecule has 0 radical (unpaired) electrons. The van der Waals surface area contributed by atoms with Crippen molar-refractivity contribution in [3.8, 4) is 0 Å². The van der Waals surface area contributed by atoms with E-state index in [9.17, 15) is 0 Å². The van der Waals surface area contributed by atoms with Crippen LogP contribution in [0.2, 0.25) is 0 Å². The Labute approximate surface area is 90.4 Å². The lowest BCUT2D eigenvalue weighted by Crippen LogP contribution is -2.33. The second-order valence-electron chi connectivity index (χ2n) is 4.45. The smallest absolute Gasteiger partial charge is 0.101 e. The van der Waals surface area contributed by atoms with E-state index in [1.165, 1.54) is 11.3 Å². The van der Waals surface area contributed by atoms with Gasteiger partial charge in [-0.25, -0.2) is 0 Å². The van der Waals surface area contributed by atoms with Gasteiger partial charge in [0.05, 0.1) is 11.9 Å². The Hall–Kier alpha value is -1.32. The number of nitrogens with two attached hydrogens (primary N) is 1. The summed E-state index contributed by atoms with van der Waals surface area (Å²) in [5, 5.41) is 7.51. The predicted octanol–water partition coefficient (Wildman–Crippen LogP) is 1.34. The molecule has 82 valence electrons. The van der Waals surface area contributed by atoms with Crippen LogP contribution in [0.4, 0.5) is 0 Å². The molecule has 4 heteroatoms. The van der Waals surface area contributed by atoms with Crippen LogP contribution >= 0.6 is 0 Å². The summed E-state index contributed by atoms with van der Waals surface area (Å²) in [5.74, 6) is 1.53. The van der Waals surface area contributed by atoms with Crippen LogP contribution in [-0.4, -0.2) is 29.2 Å². The number of aliphatic imine (C=N–C) groups is 1. The van der Waals surface area contributed by atoms with Crippen molar-refractivity contribution in [2.75, 3.05) is 6.54 Å². The number of rotatable bonds is 1. The van der Waals surface area contributed by atoms with Gasteiger partial charge in [-0.3, -0.25) is 10.4 Å². The molecule has 2 atom stereocenters. The molecule has 0 saturated carbocycles. The van der Waals surface area contributed by atoms with Gasteiger partial charge < -0.3 is 10.6 Å². The monoisotopic (exact) mass is 206 g/mol. The van der Waals surface area contributed by atoms with Gasteiger partial charge in [0.2, 0.25) is 0 Å². The lowest BCUT2D eigenvalue weighted by atomic mass is 10.0. The van der Waals surface area contributed by atoms with Crippen LogP contribution in [0.15, 0.2) is 16.3 Å². The Kier molecular flexibility index (Phi) is 2.29. The van der Waals surface area contributed by atoms with Crippen LogP contribution < -0.4 is 5.73 Å². The fourth-order valence-electron chi connectivity index (χ4n) is 2.34. The minimum absolute atomic E-state index is 0.172. The molecular formula is C11H18N4. The predicted molar refractivity (Wildman–Crippen MR) is 62.0 cm³/mol. The Morgan fingerprint density at radius 2 is 2.20 bits per heavy atom. The van der Waals surface area contributed by atoms with Gasteiger partial charge in [0, 0.05) is 18.2 Å². The molecule has 15 heavy (non-hydrogen) atoms. The topological polar surface area (TPSA) is 65.5 Å². The maximum atomic E-state index is 7.51. The summed E-state index contributed by atoms with van der Waals surface area (Å²) < 4.78 is 0. The summed E-state index contributed by atoms with van der Waals surface area (Å²) in [4.78, 5) is 6.78. The zero-order chi connectivity index (χ0) is 11.2. The quantitative estimate of drug-likeness (QED) is 0.502. The molecule has 0 spiro atoms. The van der Waals surface area contributed by atoms with Gasteiger partial charge in [0.15, 0.2) is 0 Å². The van der Waals surface area contributed by atoms with Crippen LogP contribution in [0.5, 0.6) is 0 Å². The molecule has 0 bridgehead atoms. The first kappa shape index (κ1) is 10.2. The van der Waals surface area contributed by atoms with Crippen molar-refractivity contribution in [1.29, 1.82) is 5.41 Å². The lowest BCUT2D eigenvalue weighted by molar-refractivity contribution is 0.530. The van der Waals surface area contributed by atoms with Crippen LogP contribution in [0, 0.1) is 11.3 Å². The van der Waals surface area contributed by atoms with Gasteiger partial charge in [-0.05, 0) is 32.8 Å². The Morgan fingerprint density at radius 3 is 2.80 bits per heavy atom. The molecule has 4 nitrogen and oxygen atoms in total. The van der Waals surface area contributed by atoms with Gasteiger partial charge in [-0.15, -0.1) is 0 Å². The number of amidine groups is 2. The Bertz CT molecular complexity index is 367. The number of allylic oxidation sites excluding steroid dienone is 1. The van der Waals surface area contributed by atoms with Gasteiger partial charge in [-0.2, -0.15) is 0 Å². The van der Waals surface area contributed by atoms with Crippen LogP contribution in [0.1, 0.15) is 27.2 Å². The largest absolute Gasteiger partial charge is 0.387 e. The Balaban J connectivity index is 2.32. The van der Waals surface area contributed by atoms with E-state index in [2.05, 4.69) is 23.7 Å². The molecule has 0 aliphatic carbocycles. The van der Waals surface area contributed by atoms with Crippen molar-refractivity contribution >= 4 is 11.7 Å². The lowest BCUT2D eigenvalue weighted by Gasteiger charge is -2.28. The molecule has 2 unspecified atom stereocenters. The van der Waals surface area contributed by atoms with Gasteiger partial charge >= 0.3 is 0 Å². The third-order valence-electron chi connectivity index (χ3n) is 3.46. The summed E-state index contributed by atoms with van der Waals surface area (Å²) in [5.41, 5.74) is 8.22. The maximum Gasteiger partial charge on any atom is 0.101 e. The van der Waals surface area contributed by atoms with E-state index in [-0.39, 0.29) is 12.0 Å². The first-order valence-electron chi connectivity index (χ1n) is 5.36. The first-order valence-corrected chi connectivity index (χ1v) is 5.36. The molecule has 2 heterocycles. The molecule has 1 saturated heterocycles. The molecule has 2 rings (SSSR count). The third kappa shape index (κ3) is 1.54. The number of hydrogen-bond donors (Lipinski definition) is 2. The van der Waals surface area contributed by atoms with Crippen molar-refractivity contribution in [3.05, 3.63) is 11.3 Å². The van der Waals surface area contributed by atoms with Gasteiger partial charge in [0.25, 0.3) is 0 Å². The average Bonchev–Trinajstić information content (AvgIpc) is 2.59. The van der Waals surface area contributed by atoms with Crippen molar-refractivity contribution in [2.45, 2.75) is 33.2 Å². The summed E-state index contributed by atoms with van der Waals surface area (Å²) in [6.45, 7) is 7.10. The summed E-state index contributed by atoms with van der Waals surface area (Å²) in [6, 6.07) is 0.280. The van der Waals surface area contributed by atoms with Crippen LogP contribution in [-0.2, 0) is 0 Å². The van der Waals surface area contributed by atoms with E-state index < -0.39 is 0 Å². The van der Waals surface area contributed by atoms with E-state index in [1.807, 2.05) is 6.92 Å². The van der Waals surface area contributed by atoms with Crippen LogP contribution in [0.25, 0.3) is 0 Å². The summed E-state index contributed by atoms with van der Waals surface area (Å²) in [6.07, 6.45) is 0.901. The molecule has 0 aromatic rings. The molecule has 3 N–H and O–H groups in total. The zero-order valence-corrected chi connectivity index (χ0v) is 9.54. The number of nitrogens with zero attached hydrogens (tertiary/aromatic N) is 2. The second kappa shape index (κ2) is 3.36. The third-order valence-corrected chi connectivity index (χ3v) is 3.46. The summed E-state index contributed by atoms with van der Waals surface area (Å²) >= 11 is 0. The highest BCUT2D eigenvalue weighted by atomic mass is 15.2. The fourth-order valence-corrected chi connectivity index (χ4v) is 2.34. The summed E-state index contributed by atoms with van der Waals surface area (Å²) in [7, 11) is 0. The van der Waals surface area contributed by atoms with Crippen LogP contribution in [0.3, 0.4) is 0 Å². The molecule has 0 aromatic heterocycles. The molecule has 1 fully saturated rings. The minimum Gasteiger partial charge on any atom is -0.387 e. The molecular weight excluding hydrogens is 188 g/mol. The van der Waals surface area contributed by atoms with Crippen molar-refractivity contribution < 1.29 is 0 Å². The normalized spacial score (nSPS) is 30.3. The molecule has 0 aromatic carbocycles. The molecule has 0 amide bonds. The van der Waals surface area contributed by atoms with Gasteiger partial charge in [0.1, 0.15) is 5.84 Å². The SMILES string of the molecule is CC1=NC(C)C(C)=C2CC(C(=N)N)CN12. The van der Waals surface area contributed by atoms with E-state index in [4.69, 9.17) is 11.1 Å². The second-order valence-corrected chi connectivity index (χ2v) is 4.45. The highest BCUT2D eigenvalue weighted by molar-refractivity contribution is 5.87. The van der Waals surface area contributed by atoms with Crippen molar-refractivity contribution in [1.82, 2.24) is 4.90 Å². The molecule has 2 aliphatic heterocycles. The zero-order valence-electron chi connectivity index (χ0n) is 9.54. The highest BCUT2D eigenvalue weighted by Crippen LogP contribution is 2.33. The van der Waals surface area contributed by atoms with E-state index in [1.54, 1.807) is 0 Å². The van der Waals surface area contributed by atoms with E-state index >= 15 is 0 Å². The van der Waals surface area contributed by atoms with Crippen molar-refractivity contribution in [2.24, 2.45) is 16.6 Å². The van der Waals surface area contributed by atoms with E-state index in [0.717, 1.165) is 18.8 Å². The average molecular weight is 206 g/mol. The standard InChI is InChI=1S/C11H18N4/c1-6-7(2)14-8(3)15-5-9(11(12)13)4-10(6)15/h7,9H,4-5H2,1-3H3,(H3,12,13). The first-order chi connectivity index (χ1) is 7.00. The maximum absolute atomic E-state index is 7.51. The number of nitrogens with one attached hydrogen (secondary N) is 1. The highest BCUT2D eigenvalue weighted by Gasteiger charge is 2.34. The van der Waals surface area contributed by atoms with E-state index in [0.29, 0.717) is 5.84 Å². The number of fused-ring (bicyclic) bond motifs is 1. The van der Waals surface area contributed by atoms with Gasteiger partial charge in [-0.1, -0.05) is 0 Å².